The minimum atomic E-state index is -2.63. The maximum absolute atomic E-state index is 10.4. The summed E-state index contributed by atoms with van der Waals surface area (Å²) < 4.78 is 124. The minimum absolute atomic E-state index is 0.129. The van der Waals surface area contributed by atoms with Crippen LogP contribution in [0.15, 0.2) is 182 Å². The molecule has 5 aliphatic rings. The van der Waals surface area contributed by atoms with Crippen molar-refractivity contribution in [1.82, 2.24) is 29.4 Å². The molecule has 11 rings (SSSR count). The topological polar surface area (TPSA) is 19.4 Å². The van der Waals surface area contributed by atoms with Crippen molar-refractivity contribution in [2.24, 2.45) is 0 Å². The number of benzene rings is 6. The van der Waals surface area contributed by atoms with Crippen molar-refractivity contribution in [3.8, 4) is 0 Å². The molecule has 5 fully saturated rings. The molecule has 6 nitrogen and oxygen atoms in total. The molecular formula is C48H48N6. The highest BCUT2D eigenvalue weighted by Gasteiger charge is 2.71. The Balaban J connectivity index is 1.40. The molecule has 6 bridgehead atoms. The molecule has 5 aliphatic heterocycles. The Hall–Kier alpha value is -4.92. The third kappa shape index (κ3) is 6.19. The largest absolute Gasteiger partial charge is 0.262 e. The normalized spacial score (nSPS) is 30.7. The minimum Gasteiger partial charge on any atom is -0.262 e. The number of nitrogens with zero attached hydrogens (tertiary/aromatic N) is 6. The molecule has 270 valence electrons. The van der Waals surface area contributed by atoms with Crippen molar-refractivity contribution in [3.05, 3.63) is 215 Å². The van der Waals surface area contributed by atoms with Crippen LogP contribution in [-0.4, -0.2) is 66.4 Å². The first-order chi connectivity index (χ1) is 31.4. The highest BCUT2D eigenvalue weighted by atomic mass is 15.8. The predicted octanol–water partition coefficient (Wildman–Crippen LogP) is 8.01. The lowest BCUT2D eigenvalue weighted by Crippen LogP contribution is -2.73. The molecule has 0 aliphatic carbocycles. The van der Waals surface area contributed by atoms with E-state index in [2.05, 4.69) is 0 Å². The predicted molar refractivity (Wildman–Crippen MR) is 215 cm³/mol. The average molecular weight is 721 g/mol. The van der Waals surface area contributed by atoms with Crippen LogP contribution >= 0.6 is 0 Å². The van der Waals surface area contributed by atoms with Gasteiger partial charge < -0.3 is 0 Å². The van der Waals surface area contributed by atoms with E-state index in [-0.39, 0.29) is 33.4 Å². The first kappa shape index (κ1) is 23.1. The van der Waals surface area contributed by atoms with E-state index in [4.69, 9.17) is 0 Å². The van der Waals surface area contributed by atoms with Gasteiger partial charge >= 0.3 is 0 Å². The van der Waals surface area contributed by atoms with E-state index >= 15 is 0 Å². The summed E-state index contributed by atoms with van der Waals surface area (Å²) in [6.07, 6.45) is -9.65. The average Bonchev–Trinajstić information content (AvgIpc) is 3.81. The summed E-state index contributed by atoms with van der Waals surface area (Å²) in [7, 11) is 0. The lowest BCUT2D eigenvalue weighted by atomic mass is 10.0. The summed E-state index contributed by atoms with van der Waals surface area (Å²) in [5.41, 5.74) is 0.776. The van der Waals surface area contributed by atoms with Crippen LogP contribution in [0, 0.1) is 0 Å². The van der Waals surface area contributed by atoms with Crippen molar-refractivity contribution >= 4 is 0 Å². The summed E-state index contributed by atoms with van der Waals surface area (Å²) in [4.78, 5) is 8.23. The zero-order valence-corrected chi connectivity index (χ0v) is 29.5. The monoisotopic (exact) mass is 720 g/mol. The smallest absolute Gasteiger partial charge is 0.0955 e. The molecule has 0 N–H and O–H groups in total. The van der Waals surface area contributed by atoms with Crippen molar-refractivity contribution in [2.75, 3.05) is 0 Å². The lowest BCUT2D eigenvalue weighted by Gasteiger charge is -2.56. The second-order valence-corrected chi connectivity index (χ2v) is 13.8. The van der Waals surface area contributed by atoms with Crippen LogP contribution in [0.25, 0.3) is 0 Å². The van der Waals surface area contributed by atoms with Crippen molar-refractivity contribution in [3.63, 3.8) is 0 Å². The molecule has 5 saturated heterocycles. The fourth-order valence-corrected chi connectivity index (χ4v) is 8.23. The molecule has 5 heterocycles. The van der Waals surface area contributed by atoms with E-state index in [1.807, 2.05) is 0 Å². The Kier molecular flexibility index (Phi) is 6.30. The summed E-state index contributed by atoms with van der Waals surface area (Å²) in [6.45, 7) is -15.8. The maximum atomic E-state index is 10.4. The van der Waals surface area contributed by atoms with Gasteiger partial charge in [0.2, 0.25) is 0 Å². The lowest BCUT2D eigenvalue weighted by molar-refractivity contribution is -0.166. The van der Waals surface area contributed by atoms with Crippen LogP contribution in [-0.2, 0) is 39.0 Å². The molecule has 0 amide bonds. The fraction of sp³-hybridized carbons (Fsp3) is 0.250. The third-order valence-corrected chi connectivity index (χ3v) is 10.4. The molecule has 0 atom stereocenters. The summed E-state index contributed by atoms with van der Waals surface area (Å²) >= 11 is 0. The van der Waals surface area contributed by atoms with E-state index < -0.39 is 76.0 Å². The first-order valence-corrected chi connectivity index (χ1v) is 18.4. The van der Waals surface area contributed by atoms with Gasteiger partial charge in [-0.1, -0.05) is 182 Å². The van der Waals surface area contributed by atoms with Gasteiger partial charge in [0.25, 0.3) is 0 Å². The van der Waals surface area contributed by atoms with Gasteiger partial charge in [0.1, 0.15) is 0 Å². The molecule has 6 heteroatoms. The molecule has 0 spiro atoms. The highest BCUT2D eigenvalue weighted by Crippen LogP contribution is 2.54. The van der Waals surface area contributed by atoms with Gasteiger partial charge in [0.15, 0.2) is 0 Å². The Bertz CT molecular complexity index is 2340. The van der Waals surface area contributed by atoms with Gasteiger partial charge in [0, 0.05) is 55.4 Å². The van der Waals surface area contributed by atoms with E-state index in [9.17, 15) is 16.4 Å². The summed E-state index contributed by atoms with van der Waals surface area (Å²) in [5.74, 6) is 0. The van der Waals surface area contributed by atoms with Gasteiger partial charge in [-0.2, -0.15) is 0 Å². The van der Waals surface area contributed by atoms with Crippen molar-refractivity contribution in [1.29, 1.82) is 0 Å². The van der Waals surface area contributed by atoms with E-state index in [0.29, 0.717) is 0 Å². The molecule has 0 unspecified atom stereocenters. The van der Waals surface area contributed by atoms with E-state index in [1.54, 1.807) is 182 Å². The molecule has 54 heavy (non-hydrogen) atoms. The van der Waals surface area contributed by atoms with Gasteiger partial charge in [-0.25, -0.2) is 0 Å². The first-order valence-electron chi connectivity index (χ1n) is 24.4. The molecule has 0 saturated carbocycles. The summed E-state index contributed by atoms with van der Waals surface area (Å²) in [6, 6.07) is 49.5. The summed E-state index contributed by atoms with van der Waals surface area (Å²) in [5, 5.41) is 0. The number of rotatable bonds is 12. The molecule has 0 aromatic heterocycles. The number of piperazine rings is 1. The Morgan fingerprint density at radius 1 is 0.241 bits per heavy atom. The Morgan fingerprint density at radius 2 is 0.370 bits per heavy atom. The van der Waals surface area contributed by atoms with Crippen LogP contribution in [0.4, 0.5) is 0 Å². The standard InChI is InChI=1S/C48H48N6/c1-7-19-37(20-8-1)31-49-43-44-50(32-38-21-9-2-10-22-38)47(49)48-51(33-39-23-11-3-12-24-39)45(53(43)35-41-27-15-5-16-28-41)46(52(48)34-40-25-13-4-14-26-40)54(44)36-42-29-17-6-18-30-42/h1-30,43-48H,31-36H2/i31D2,32D2,33D2,34D2,35D2,36D2. The third-order valence-electron chi connectivity index (χ3n) is 10.4. The van der Waals surface area contributed by atoms with Crippen LogP contribution in [0.2, 0.25) is 0 Å². The van der Waals surface area contributed by atoms with E-state index in [1.165, 1.54) is 29.4 Å². The zero-order chi connectivity index (χ0) is 46.6. The van der Waals surface area contributed by atoms with Gasteiger partial charge in [0.05, 0.1) is 37.0 Å². The van der Waals surface area contributed by atoms with Gasteiger partial charge in [-0.15, -0.1) is 0 Å². The van der Waals surface area contributed by atoms with Crippen LogP contribution < -0.4 is 0 Å². The number of hydrogen-bond donors (Lipinski definition) is 0. The fourth-order valence-electron chi connectivity index (χ4n) is 8.23. The Labute approximate surface area is 336 Å². The molecule has 6 aromatic rings. The second kappa shape index (κ2) is 14.7. The SMILES string of the molecule is [2H]C([2H])(c1ccccc1)N1C2C3N(C([2H])([2H])c4ccccc4)C1C1N(C([2H])([2H])c4ccccc4)C(C(N1C([2H])([2H])c1ccccc1)N3C([2H])([2H])c1ccccc1)N2C([2H])([2H])c1ccccc1. The van der Waals surface area contributed by atoms with Crippen LogP contribution in [0.3, 0.4) is 0 Å². The van der Waals surface area contributed by atoms with Gasteiger partial charge in [-0.05, 0) is 33.4 Å². The van der Waals surface area contributed by atoms with Crippen LogP contribution in [0.5, 0.6) is 0 Å². The van der Waals surface area contributed by atoms with E-state index in [0.717, 1.165) is 0 Å². The van der Waals surface area contributed by atoms with Crippen LogP contribution in [0.1, 0.15) is 49.8 Å². The maximum Gasteiger partial charge on any atom is 0.0955 e. The molecule has 0 radical (unpaired) electrons. The van der Waals surface area contributed by atoms with Crippen molar-refractivity contribution in [2.45, 2.75) is 76.0 Å². The van der Waals surface area contributed by atoms with Crippen molar-refractivity contribution < 1.29 is 16.4 Å². The zero-order valence-electron chi connectivity index (χ0n) is 41.5. The molecule has 6 aromatic carbocycles. The Morgan fingerprint density at radius 3 is 0.500 bits per heavy atom. The highest BCUT2D eigenvalue weighted by molar-refractivity contribution is 5.28. The number of hydrogen-bond acceptors (Lipinski definition) is 6. The van der Waals surface area contributed by atoms with Gasteiger partial charge in [-0.3, -0.25) is 29.4 Å². The second-order valence-electron chi connectivity index (χ2n) is 13.8. The molecular weight excluding hydrogens is 661 g/mol. The quantitative estimate of drug-likeness (QED) is 0.127.